The van der Waals surface area contributed by atoms with Crippen molar-refractivity contribution >= 4 is 33.9 Å². The molecule has 4 heterocycles. The number of piperazine rings is 1. The van der Waals surface area contributed by atoms with Crippen LogP contribution in [0.2, 0.25) is 0 Å². The summed E-state index contributed by atoms with van der Waals surface area (Å²) in [6.45, 7) is 11.3. The first-order valence-electron chi connectivity index (χ1n) is 11.4. The van der Waals surface area contributed by atoms with E-state index in [2.05, 4.69) is 42.0 Å². The fourth-order valence-electron chi connectivity index (χ4n) is 4.22. The Morgan fingerprint density at radius 2 is 1.83 bits per heavy atom. The number of nitrogens with zero attached hydrogens (tertiary/aromatic N) is 5. The quantitative estimate of drug-likeness (QED) is 0.429. The summed E-state index contributed by atoms with van der Waals surface area (Å²) in [5, 5.41) is 6.88. The molecule has 0 atom stereocenters. The molecule has 3 aromatic heterocycles. The highest BCUT2D eigenvalue weighted by atomic mass is 19.1. The van der Waals surface area contributed by atoms with Crippen molar-refractivity contribution in [2.45, 2.75) is 13.8 Å². The molecule has 4 aromatic rings. The Morgan fingerprint density at radius 3 is 2.54 bits per heavy atom. The minimum atomic E-state index is -0.659. The Labute approximate surface area is 202 Å². The van der Waals surface area contributed by atoms with Crippen molar-refractivity contribution in [2.24, 2.45) is 0 Å². The minimum Gasteiger partial charge on any atom is -0.368 e. The van der Waals surface area contributed by atoms with Crippen LogP contribution in [0.1, 0.15) is 18.2 Å². The summed E-state index contributed by atoms with van der Waals surface area (Å²) in [6.07, 6.45) is 2.85. The van der Waals surface area contributed by atoms with Gasteiger partial charge >= 0.3 is 0 Å². The first-order chi connectivity index (χ1) is 16.9. The third-order valence-electron chi connectivity index (χ3n) is 5.94. The normalized spacial score (nSPS) is 13.8. The molecule has 1 aromatic carbocycles. The standard InChI is InChI=1S/C26H25F2N7/c1-15(2)19-10-16(3)32-25-20(19)11-17(12-21(25)27)24-22(28)14-31-26(34-24)33-23-5-4-18(13-30-23)35-8-6-29-7-9-35/h4-5,10-14,29H,1,6-9H2,2-3H3,(H,30,31,33,34). The van der Waals surface area contributed by atoms with Crippen LogP contribution in [-0.4, -0.2) is 46.1 Å². The maximum atomic E-state index is 15.0. The van der Waals surface area contributed by atoms with E-state index in [0.717, 1.165) is 49.2 Å². The van der Waals surface area contributed by atoms with E-state index in [9.17, 15) is 4.39 Å². The first-order valence-corrected chi connectivity index (χ1v) is 11.4. The molecule has 0 bridgehead atoms. The van der Waals surface area contributed by atoms with Gasteiger partial charge in [0, 0.05) is 42.8 Å². The van der Waals surface area contributed by atoms with Gasteiger partial charge in [0.2, 0.25) is 5.95 Å². The molecule has 1 saturated heterocycles. The summed E-state index contributed by atoms with van der Waals surface area (Å²) in [6, 6.07) is 8.56. The van der Waals surface area contributed by atoms with Crippen molar-refractivity contribution in [3.8, 4) is 11.3 Å². The van der Waals surface area contributed by atoms with E-state index in [0.29, 0.717) is 16.9 Å². The third-order valence-corrected chi connectivity index (χ3v) is 5.94. The number of hydrogen-bond acceptors (Lipinski definition) is 7. The van der Waals surface area contributed by atoms with Crippen LogP contribution in [0, 0.1) is 18.6 Å². The van der Waals surface area contributed by atoms with Gasteiger partial charge in [-0.3, -0.25) is 4.98 Å². The van der Waals surface area contributed by atoms with E-state index in [1.54, 1.807) is 19.2 Å². The highest BCUT2D eigenvalue weighted by Gasteiger charge is 2.17. The molecule has 1 aliphatic heterocycles. The van der Waals surface area contributed by atoms with Crippen molar-refractivity contribution < 1.29 is 8.78 Å². The smallest absolute Gasteiger partial charge is 0.229 e. The number of fused-ring (bicyclic) bond motifs is 1. The molecule has 0 amide bonds. The van der Waals surface area contributed by atoms with Crippen molar-refractivity contribution in [1.82, 2.24) is 25.3 Å². The molecule has 9 heteroatoms. The topological polar surface area (TPSA) is 78.9 Å². The Kier molecular flexibility index (Phi) is 6.08. The zero-order valence-corrected chi connectivity index (χ0v) is 19.6. The van der Waals surface area contributed by atoms with E-state index in [1.807, 2.05) is 25.1 Å². The molecule has 35 heavy (non-hydrogen) atoms. The summed E-state index contributed by atoms with van der Waals surface area (Å²) in [5.74, 6) is -0.531. The van der Waals surface area contributed by atoms with Gasteiger partial charge in [-0.2, -0.15) is 0 Å². The van der Waals surface area contributed by atoms with Gasteiger partial charge in [-0.1, -0.05) is 12.2 Å². The number of nitrogens with one attached hydrogen (secondary N) is 2. The second-order valence-corrected chi connectivity index (χ2v) is 8.60. The van der Waals surface area contributed by atoms with Crippen LogP contribution < -0.4 is 15.5 Å². The van der Waals surface area contributed by atoms with E-state index in [4.69, 9.17) is 0 Å². The summed E-state index contributed by atoms with van der Waals surface area (Å²) in [7, 11) is 0. The molecule has 178 valence electrons. The van der Waals surface area contributed by atoms with Gasteiger partial charge in [0.15, 0.2) is 5.82 Å². The van der Waals surface area contributed by atoms with Crippen molar-refractivity contribution in [2.75, 3.05) is 36.4 Å². The van der Waals surface area contributed by atoms with Crippen molar-refractivity contribution in [1.29, 1.82) is 0 Å². The third kappa shape index (κ3) is 4.67. The van der Waals surface area contributed by atoms with Gasteiger partial charge in [0.25, 0.3) is 0 Å². The summed E-state index contributed by atoms with van der Waals surface area (Å²) in [5.41, 5.74) is 3.71. The number of halogens is 2. The molecule has 1 aliphatic rings. The Morgan fingerprint density at radius 1 is 1.03 bits per heavy atom. The lowest BCUT2D eigenvalue weighted by Gasteiger charge is -2.29. The second-order valence-electron chi connectivity index (χ2n) is 8.60. The lowest BCUT2D eigenvalue weighted by atomic mass is 9.99. The van der Waals surface area contributed by atoms with Gasteiger partial charge < -0.3 is 15.5 Å². The van der Waals surface area contributed by atoms with Gasteiger partial charge in [0.05, 0.1) is 18.1 Å². The van der Waals surface area contributed by atoms with Crippen molar-refractivity contribution in [3.05, 3.63) is 72.2 Å². The average molecular weight is 474 g/mol. The Bertz CT molecular complexity index is 1410. The van der Waals surface area contributed by atoms with E-state index < -0.39 is 11.6 Å². The number of aryl methyl sites for hydroxylation is 1. The fraction of sp³-hybridized carbons (Fsp3) is 0.231. The Hall–Kier alpha value is -3.98. The van der Waals surface area contributed by atoms with E-state index >= 15 is 4.39 Å². The molecule has 7 nitrogen and oxygen atoms in total. The fourth-order valence-corrected chi connectivity index (χ4v) is 4.22. The average Bonchev–Trinajstić information content (AvgIpc) is 2.86. The number of anilines is 3. The predicted octanol–water partition coefficient (Wildman–Crippen LogP) is 4.86. The number of allylic oxidation sites excluding steroid dienone is 1. The maximum Gasteiger partial charge on any atom is 0.229 e. The number of rotatable bonds is 5. The molecule has 0 unspecified atom stereocenters. The highest BCUT2D eigenvalue weighted by Crippen LogP contribution is 2.32. The molecule has 2 N–H and O–H groups in total. The summed E-state index contributed by atoms with van der Waals surface area (Å²) < 4.78 is 29.8. The van der Waals surface area contributed by atoms with Gasteiger partial charge in [-0.15, -0.1) is 0 Å². The van der Waals surface area contributed by atoms with E-state index in [1.165, 1.54) is 6.07 Å². The van der Waals surface area contributed by atoms with Crippen LogP contribution >= 0.6 is 0 Å². The zero-order chi connectivity index (χ0) is 24.5. The van der Waals surface area contributed by atoms with Crippen molar-refractivity contribution in [3.63, 3.8) is 0 Å². The first kappa shape index (κ1) is 22.8. The molecular formula is C26H25F2N7. The minimum absolute atomic E-state index is 0.0195. The van der Waals surface area contributed by atoms with Crippen LogP contribution in [0.5, 0.6) is 0 Å². The molecule has 5 rings (SSSR count). The monoisotopic (exact) mass is 473 g/mol. The lowest BCUT2D eigenvalue weighted by Crippen LogP contribution is -2.43. The van der Waals surface area contributed by atoms with Crippen LogP contribution in [-0.2, 0) is 0 Å². The molecule has 0 saturated carbocycles. The maximum absolute atomic E-state index is 15.0. The molecule has 0 aliphatic carbocycles. The zero-order valence-electron chi connectivity index (χ0n) is 19.6. The predicted molar refractivity (Wildman–Crippen MR) is 135 cm³/mol. The van der Waals surface area contributed by atoms with Crippen LogP contribution in [0.15, 0.2) is 49.3 Å². The SMILES string of the molecule is C=C(C)c1cc(C)nc2c(F)cc(-c3nc(Nc4ccc(N5CCNCC5)cn4)ncc3F)cc12. The number of benzene rings is 1. The Balaban J connectivity index is 1.47. The number of aromatic nitrogens is 4. The van der Waals surface area contributed by atoms with Gasteiger partial charge in [0.1, 0.15) is 22.8 Å². The van der Waals surface area contributed by atoms with Crippen LogP contribution in [0.4, 0.5) is 26.2 Å². The number of pyridine rings is 2. The highest BCUT2D eigenvalue weighted by molar-refractivity contribution is 5.94. The molecule has 0 radical (unpaired) electrons. The molecule has 1 fully saturated rings. The summed E-state index contributed by atoms with van der Waals surface area (Å²) in [4.78, 5) is 19.4. The molecule has 0 spiro atoms. The lowest BCUT2D eigenvalue weighted by molar-refractivity contribution is 0.589. The summed E-state index contributed by atoms with van der Waals surface area (Å²) >= 11 is 0. The van der Waals surface area contributed by atoms with E-state index in [-0.39, 0.29) is 22.7 Å². The van der Waals surface area contributed by atoms with Crippen LogP contribution in [0.25, 0.3) is 27.7 Å². The van der Waals surface area contributed by atoms with Crippen LogP contribution in [0.3, 0.4) is 0 Å². The van der Waals surface area contributed by atoms with Gasteiger partial charge in [-0.25, -0.2) is 23.7 Å². The van der Waals surface area contributed by atoms with Gasteiger partial charge in [-0.05, 0) is 49.7 Å². The number of hydrogen-bond donors (Lipinski definition) is 2. The molecular weight excluding hydrogens is 448 g/mol. The largest absolute Gasteiger partial charge is 0.368 e. The second kappa shape index (κ2) is 9.34.